The van der Waals surface area contributed by atoms with Gasteiger partial charge in [0.15, 0.2) is 12.5 Å². The molecule has 0 fully saturated rings. The molecule has 2 aromatic carbocycles. The second kappa shape index (κ2) is 6.32. The summed E-state index contributed by atoms with van der Waals surface area (Å²) < 4.78 is 24.5. The minimum atomic E-state index is -0.655. The molecule has 9 nitrogen and oxygen atoms in total. The maximum absolute atomic E-state index is 14.0. The summed E-state index contributed by atoms with van der Waals surface area (Å²) in [5, 5.41) is 23.2. The Morgan fingerprint density at radius 1 is 1.33 bits per heavy atom. The second-order valence-corrected chi connectivity index (χ2v) is 5.96. The van der Waals surface area contributed by atoms with E-state index in [1.165, 1.54) is 29.2 Å². The van der Waals surface area contributed by atoms with Crippen molar-refractivity contribution in [3.63, 3.8) is 0 Å². The quantitative estimate of drug-likeness (QED) is 0.502. The van der Waals surface area contributed by atoms with Crippen LogP contribution in [0.2, 0.25) is 0 Å². The first-order valence-corrected chi connectivity index (χ1v) is 7.84. The van der Waals surface area contributed by atoms with Crippen molar-refractivity contribution in [3.8, 4) is 5.75 Å². The van der Waals surface area contributed by atoms with Crippen LogP contribution in [-0.4, -0.2) is 28.5 Å². The average molecular weight is 373 g/mol. The van der Waals surface area contributed by atoms with Crippen LogP contribution in [0.5, 0.6) is 5.75 Å². The lowest BCUT2D eigenvalue weighted by Gasteiger charge is -2.23. The molecule has 0 saturated carbocycles. The number of anilines is 1. The number of benzene rings is 2. The molecule has 1 N–H and O–H groups in total. The van der Waals surface area contributed by atoms with Crippen molar-refractivity contribution < 1.29 is 28.8 Å². The van der Waals surface area contributed by atoms with Crippen molar-refractivity contribution in [2.75, 3.05) is 11.7 Å². The normalized spacial score (nSPS) is 16.9. The number of carbonyl (C=O) groups excluding carboxylic acids is 1. The van der Waals surface area contributed by atoms with Gasteiger partial charge < -0.3 is 19.6 Å². The van der Waals surface area contributed by atoms with E-state index in [-0.39, 0.29) is 36.9 Å². The summed E-state index contributed by atoms with van der Waals surface area (Å²) in [6.07, 6.45) is 0. The van der Waals surface area contributed by atoms with Crippen LogP contribution in [0.4, 0.5) is 15.8 Å². The molecule has 0 aliphatic carbocycles. The smallest absolute Gasteiger partial charge is 0.281 e. The van der Waals surface area contributed by atoms with Crippen LogP contribution in [-0.2, 0) is 22.7 Å². The first-order chi connectivity index (χ1) is 13.0. The number of nitro groups is 1. The first kappa shape index (κ1) is 16.9. The lowest BCUT2D eigenvalue weighted by molar-refractivity contribution is -0.384. The maximum Gasteiger partial charge on any atom is 0.281 e. The molecule has 4 rings (SSSR count). The standard InChI is InChI=1S/C17H12FN3O6/c18-11-3-9(16-10(4-11)7-26-8-27-16)6-20-14-2-1-12(21(24)25)5-13(14)15(19-23)17(20)22/h1-5,23H,6-8H2/b19-15-. The summed E-state index contributed by atoms with van der Waals surface area (Å²) in [5.74, 6) is -0.740. The number of non-ortho nitro benzene ring substituents is 1. The molecule has 2 aliphatic heterocycles. The average Bonchev–Trinajstić information content (AvgIpc) is 2.92. The fourth-order valence-corrected chi connectivity index (χ4v) is 3.21. The number of hydrogen-bond acceptors (Lipinski definition) is 7. The number of hydrogen-bond donors (Lipinski definition) is 1. The van der Waals surface area contributed by atoms with Crippen LogP contribution >= 0.6 is 0 Å². The first-order valence-electron chi connectivity index (χ1n) is 7.84. The van der Waals surface area contributed by atoms with E-state index in [0.29, 0.717) is 22.6 Å². The number of ether oxygens (including phenoxy) is 2. The number of nitrogens with zero attached hydrogens (tertiary/aromatic N) is 3. The Morgan fingerprint density at radius 3 is 2.89 bits per heavy atom. The lowest BCUT2D eigenvalue weighted by atomic mass is 10.1. The van der Waals surface area contributed by atoms with Crippen molar-refractivity contribution in [3.05, 3.63) is 63.0 Å². The van der Waals surface area contributed by atoms with E-state index in [4.69, 9.17) is 9.47 Å². The number of fused-ring (bicyclic) bond motifs is 2. The minimum Gasteiger partial charge on any atom is -0.467 e. The Bertz CT molecular complexity index is 1010. The molecule has 27 heavy (non-hydrogen) atoms. The molecule has 2 aromatic rings. The highest BCUT2D eigenvalue weighted by Gasteiger charge is 2.36. The van der Waals surface area contributed by atoms with Gasteiger partial charge in [0.2, 0.25) is 0 Å². The van der Waals surface area contributed by atoms with Crippen LogP contribution in [0.15, 0.2) is 35.5 Å². The van der Waals surface area contributed by atoms with Gasteiger partial charge in [0, 0.05) is 28.8 Å². The molecule has 138 valence electrons. The third-order valence-corrected chi connectivity index (χ3v) is 4.36. The number of oxime groups is 1. The van der Waals surface area contributed by atoms with Crippen molar-refractivity contribution in [1.82, 2.24) is 0 Å². The molecule has 0 spiro atoms. The third-order valence-electron chi connectivity index (χ3n) is 4.36. The van der Waals surface area contributed by atoms with Gasteiger partial charge >= 0.3 is 0 Å². The lowest BCUT2D eigenvalue weighted by Crippen LogP contribution is -2.30. The topological polar surface area (TPSA) is 114 Å². The molecule has 0 unspecified atom stereocenters. The van der Waals surface area contributed by atoms with Gasteiger partial charge in [-0.2, -0.15) is 0 Å². The van der Waals surface area contributed by atoms with Gasteiger partial charge in [-0.1, -0.05) is 5.16 Å². The molecule has 0 saturated heterocycles. The van der Waals surface area contributed by atoms with Gasteiger partial charge in [-0.3, -0.25) is 14.9 Å². The SMILES string of the molecule is O=C1/C(=N\O)c2cc([N+](=O)[O-])ccc2N1Cc1cc(F)cc2c1OCOC2. The number of rotatable bonds is 3. The molecule has 1 amide bonds. The van der Waals surface area contributed by atoms with E-state index >= 15 is 0 Å². The van der Waals surface area contributed by atoms with Crippen LogP contribution in [0.25, 0.3) is 0 Å². The van der Waals surface area contributed by atoms with Gasteiger partial charge in [-0.05, 0) is 18.2 Å². The van der Waals surface area contributed by atoms with Crippen LogP contribution in [0.3, 0.4) is 0 Å². The van der Waals surface area contributed by atoms with Gasteiger partial charge in [-0.25, -0.2) is 4.39 Å². The second-order valence-electron chi connectivity index (χ2n) is 5.96. The van der Waals surface area contributed by atoms with E-state index in [1.54, 1.807) is 0 Å². The number of nitro benzene ring substituents is 1. The Balaban J connectivity index is 1.77. The minimum absolute atomic E-state index is 0.00566. The summed E-state index contributed by atoms with van der Waals surface area (Å²) in [5.41, 5.74) is 0.819. The van der Waals surface area contributed by atoms with Crippen molar-refractivity contribution in [2.45, 2.75) is 13.2 Å². The van der Waals surface area contributed by atoms with E-state index in [9.17, 15) is 24.5 Å². The molecule has 10 heteroatoms. The van der Waals surface area contributed by atoms with E-state index < -0.39 is 16.6 Å². The molecule has 2 heterocycles. The Labute approximate surface area is 151 Å². The zero-order chi connectivity index (χ0) is 19.1. The Kier molecular flexibility index (Phi) is 3.96. The highest BCUT2D eigenvalue weighted by molar-refractivity contribution is 6.54. The fraction of sp³-hybridized carbons (Fsp3) is 0.176. The molecular weight excluding hydrogens is 361 g/mol. The zero-order valence-corrected chi connectivity index (χ0v) is 13.7. The molecule has 0 aromatic heterocycles. The third kappa shape index (κ3) is 2.75. The van der Waals surface area contributed by atoms with Crippen molar-refractivity contribution >= 4 is 23.0 Å². The molecule has 0 atom stereocenters. The van der Waals surface area contributed by atoms with Crippen LogP contribution < -0.4 is 9.64 Å². The van der Waals surface area contributed by atoms with Crippen molar-refractivity contribution in [1.29, 1.82) is 0 Å². The van der Waals surface area contributed by atoms with Gasteiger partial charge in [-0.15, -0.1) is 0 Å². The largest absolute Gasteiger partial charge is 0.467 e. The summed E-state index contributed by atoms with van der Waals surface area (Å²) in [4.78, 5) is 24.3. The zero-order valence-electron chi connectivity index (χ0n) is 13.7. The predicted molar refractivity (Wildman–Crippen MR) is 89.3 cm³/mol. The van der Waals surface area contributed by atoms with E-state index in [2.05, 4.69) is 5.16 Å². The van der Waals surface area contributed by atoms with Gasteiger partial charge in [0.25, 0.3) is 11.6 Å². The monoisotopic (exact) mass is 373 g/mol. The highest BCUT2D eigenvalue weighted by Crippen LogP contribution is 2.36. The van der Waals surface area contributed by atoms with Crippen molar-refractivity contribution in [2.24, 2.45) is 5.16 Å². The summed E-state index contributed by atoms with van der Waals surface area (Å²) in [7, 11) is 0. The Hall–Kier alpha value is -3.53. The number of amides is 1. The van der Waals surface area contributed by atoms with Gasteiger partial charge in [0.1, 0.15) is 11.6 Å². The maximum atomic E-state index is 14.0. The van der Waals surface area contributed by atoms with Crippen LogP contribution in [0, 0.1) is 15.9 Å². The van der Waals surface area contributed by atoms with E-state index in [1.807, 2.05) is 0 Å². The summed E-state index contributed by atoms with van der Waals surface area (Å²) in [6.45, 7) is 0.120. The number of halogens is 1. The molecular formula is C17H12FN3O6. The summed E-state index contributed by atoms with van der Waals surface area (Å²) >= 11 is 0. The molecule has 0 bridgehead atoms. The fourth-order valence-electron chi connectivity index (χ4n) is 3.21. The van der Waals surface area contributed by atoms with E-state index in [0.717, 1.165) is 6.07 Å². The predicted octanol–water partition coefficient (Wildman–Crippen LogP) is 2.33. The molecule has 0 radical (unpaired) electrons. The number of carbonyl (C=O) groups is 1. The van der Waals surface area contributed by atoms with Gasteiger partial charge in [0.05, 0.1) is 23.8 Å². The summed E-state index contributed by atoms with van der Waals surface area (Å²) in [6, 6.07) is 6.33. The molecule has 2 aliphatic rings. The van der Waals surface area contributed by atoms with Crippen LogP contribution in [0.1, 0.15) is 16.7 Å². The highest BCUT2D eigenvalue weighted by atomic mass is 19.1. The Morgan fingerprint density at radius 2 is 2.15 bits per heavy atom.